The van der Waals surface area contributed by atoms with Gasteiger partial charge in [-0.3, -0.25) is 14.9 Å². The third kappa shape index (κ3) is 3.72. The summed E-state index contributed by atoms with van der Waals surface area (Å²) in [4.78, 5) is 22.6. The molecule has 0 unspecified atom stereocenters. The molecule has 11 heteroatoms. The van der Waals surface area contributed by atoms with E-state index in [0.717, 1.165) is 4.47 Å². The number of benzene rings is 1. The van der Waals surface area contributed by atoms with Crippen molar-refractivity contribution in [2.75, 3.05) is 7.11 Å². The van der Waals surface area contributed by atoms with Gasteiger partial charge in [0.1, 0.15) is 5.76 Å². The number of carbonyl (C=O) groups excluding carboxylic acids is 1. The van der Waals surface area contributed by atoms with Gasteiger partial charge in [0.2, 0.25) is 0 Å². The Kier molecular flexibility index (Phi) is 5.27. The molecule has 0 saturated heterocycles. The van der Waals surface area contributed by atoms with Gasteiger partial charge in [0, 0.05) is 40.1 Å². The average molecular weight is 534 g/mol. The van der Waals surface area contributed by atoms with Crippen LogP contribution in [-0.4, -0.2) is 24.2 Å². The fourth-order valence-corrected chi connectivity index (χ4v) is 2.83. The first-order valence-electron chi connectivity index (χ1n) is 6.93. The minimum Gasteiger partial charge on any atom is -0.493 e. The zero-order chi connectivity index (χ0) is 18.8. The highest BCUT2D eigenvalue weighted by atomic mass is 127. The molecule has 1 N–H and O–H groups in total. The SMILES string of the molecule is COc1cc([N+](=O)[O-])cc2cc(C(=O)N/N=C\c3cc(Br)c(I)o3)oc12. The number of nitro groups is 1. The smallest absolute Gasteiger partial charge is 0.307 e. The van der Waals surface area contributed by atoms with Crippen molar-refractivity contribution >= 4 is 67.3 Å². The number of ether oxygens (including phenoxy) is 1. The van der Waals surface area contributed by atoms with Crippen molar-refractivity contribution in [1.82, 2.24) is 5.43 Å². The Morgan fingerprint density at radius 1 is 1.38 bits per heavy atom. The molecular weight excluding hydrogens is 525 g/mol. The number of furan rings is 2. The quantitative estimate of drug-likeness (QED) is 0.228. The van der Waals surface area contributed by atoms with Gasteiger partial charge < -0.3 is 13.6 Å². The van der Waals surface area contributed by atoms with Gasteiger partial charge >= 0.3 is 5.91 Å². The number of nitro benzene ring substituents is 1. The first kappa shape index (κ1) is 18.4. The molecule has 0 atom stereocenters. The Labute approximate surface area is 167 Å². The van der Waals surface area contributed by atoms with E-state index >= 15 is 0 Å². The molecule has 3 aromatic rings. The van der Waals surface area contributed by atoms with Crippen LogP contribution < -0.4 is 10.2 Å². The van der Waals surface area contributed by atoms with E-state index in [1.54, 1.807) is 6.07 Å². The van der Waals surface area contributed by atoms with E-state index < -0.39 is 10.8 Å². The standard InChI is InChI=1S/C15H9BrIN3O6/c1-24-11-4-8(20(22)23)2-7-3-12(26-13(7)11)15(21)19-18-6-9-5-10(16)14(17)25-9/h2-6H,1H3,(H,19,21)/b18-6-. The number of nitrogens with one attached hydrogen (secondary N) is 1. The van der Waals surface area contributed by atoms with Gasteiger partial charge in [-0.1, -0.05) is 0 Å². The number of hydrogen-bond donors (Lipinski definition) is 1. The van der Waals surface area contributed by atoms with Crippen molar-refractivity contribution < 1.29 is 23.3 Å². The third-order valence-corrected chi connectivity index (χ3v) is 5.38. The zero-order valence-corrected chi connectivity index (χ0v) is 16.7. The van der Waals surface area contributed by atoms with Gasteiger partial charge in [0.15, 0.2) is 20.9 Å². The summed E-state index contributed by atoms with van der Waals surface area (Å²) in [6.07, 6.45) is 1.33. The van der Waals surface area contributed by atoms with E-state index in [0.29, 0.717) is 14.9 Å². The second-order valence-electron chi connectivity index (χ2n) is 4.90. The Balaban J connectivity index is 1.83. The summed E-state index contributed by atoms with van der Waals surface area (Å²) < 4.78 is 17.3. The third-order valence-electron chi connectivity index (χ3n) is 3.24. The molecule has 0 bridgehead atoms. The number of non-ortho nitro benzene ring substituents is 1. The molecule has 3 rings (SSSR count). The van der Waals surface area contributed by atoms with E-state index in [2.05, 4.69) is 26.5 Å². The topological polar surface area (TPSA) is 120 Å². The van der Waals surface area contributed by atoms with Crippen LogP contribution in [0.1, 0.15) is 16.3 Å². The van der Waals surface area contributed by atoms with Crippen molar-refractivity contribution in [3.63, 3.8) is 0 Å². The lowest BCUT2D eigenvalue weighted by atomic mass is 10.2. The van der Waals surface area contributed by atoms with E-state index in [1.165, 1.54) is 31.5 Å². The number of carbonyl (C=O) groups is 1. The molecule has 0 radical (unpaired) electrons. The first-order valence-corrected chi connectivity index (χ1v) is 8.80. The molecule has 1 amide bonds. The number of hydrazone groups is 1. The van der Waals surface area contributed by atoms with Gasteiger partial charge in [-0.05, 0) is 22.0 Å². The number of nitrogens with zero attached hydrogens (tertiary/aromatic N) is 2. The summed E-state index contributed by atoms with van der Waals surface area (Å²) in [5, 5.41) is 15.1. The van der Waals surface area contributed by atoms with Crippen molar-refractivity contribution in [3.8, 4) is 5.75 Å². The van der Waals surface area contributed by atoms with Crippen LogP contribution in [0.15, 0.2) is 42.7 Å². The lowest BCUT2D eigenvalue weighted by molar-refractivity contribution is -0.384. The van der Waals surface area contributed by atoms with Crippen LogP contribution in [-0.2, 0) is 0 Å². The van der Waals surface area contributed by atoms with Crippen LogP contribution in [0.3, 0.4) is 0 Å². The minimum atomic E-state index is -0.623. The molecule has 0 saturated carbocycles. The largest absolute Gasteiger partial charge is 0.493 e. The average Bonchev–Trinajstić information content (AvgIpc) is 3.17. The Hall–Kier alpha value is -2.41. The maximum absolute atomic E-state index is 12.2. The molecule has 0 aliphatic heterocycles. The van der Waals surface area contributed by atoms with E-state index in [-0.39, 0.29) is 22.8 Å². The molecule has 2 heterocycles. The summed E-state index contributed by atoms with van der Waals surface area (Å²) in [6, 6.07) is 5.59. The molecule has 26 heavy (non-hydrogen) atoms. The lowest BCUT2D eigenvalue weighted by Gasteiger charge is -2.00. The van der Waals surface area contributed by atoms with Crippen molar-refractivity contribution in [2.24, 2.45) is 5.10 Å². The van der Waals surface area contributed by atoms with Crippen LogP contribution in [0.25, 0.3) is 11.0 Å². The van der Waals surface area contributed by atoms with E-state index in [1.807, 2.05) is 22.6 Å². The van der Waals surface area contributed by atoms with Gasteiger partial charge in [0.05, 0.1) is 28.8 Å². The van der Waals surface area contributed by atoms with Gasteiger partial charge in [-0.2, -0.15) is 5.10 Å². The molecule has 0 aliphatic rings. The molecule has 9 nitrogen and oxygen atoms in total. The summed E-state index contributed by atoms with van der Waals surface area (Å²) in [6.45, 7) is 0. The normalized spacial score (nSPS) is 11.2. The predicted molar refractivity (Wildman–Crippen MR) is 104 cm³/mol. The summed E-state index contributed by atoms with van der Waals surface area (Å²) >= 11 is 5.30. The molecule has 0 fully saturated rings. The maximum atomic E-state index is 12.2. The van der Waals surface area contributed by atoms with E-state index in [4.69, 9.17) is 13.6 Å². The van der Waals surface area contributed by atoms with Gasteiger partial charge in [-0.25, -0.2) is 5.43 Å². The summed E-state index contributed by atoms with van der Waals surface area (Å²) in [7, 11) is 1.36. The first-order chi connectivity index (χ1) is 12.4. The molecule has 134 valence electrons. The highest BCUT2D eigenvalue weighted by Crippen LogP contribution is 2.33. The van der Waals surface area contributed by atoms with Crippen molar-refractivity contribution in [2.45, 2.75) is 0 Å². The van der Waals surface area contributed by atoms with Gasteiger partial charge in [0.25, 0.3) is 5.69 Å². The molecular formula is C15H9BrIN3O6. The van der Waals surface area contributed by atoms with Crippen LogP contribution >= 0.6 is 38.5 Å². The fourth-order valence-electron chi connectivity index (χ4n) is 2.11. The molecule has 0 aliphatic carbocycles. The Morgan fingerprint density at radius 3 is 2.77 bits per heavy atom. The monoisotopic (exact) mass is 533 g/mol. The second kappa shape index (κ2) is 7.45. The minimum absolute atomic E-state index is 0.0637. The van der Waals surface area contributed by atoms with Crippen molar-refractivity contribution in [3.05, 3.63) is 54.1 Å². The second-order valence-corrected chi connectivity index (χ2v) is 6.74. The van der Waals surface area contributed by atoms with Crippen LogP contribution in [0.5, 0.6) is 5.75 Å². The highest BCUT2D eigenvalue weighted by molar-refractivity contribution is 14.1. The van der Waals surface area contributed by atoms with Gasteiger partial charge in [-0.15, -0.1) is 0 Å². The van der Waals surface area contributed by atoms with Crippen LogP contribution in [0.4, 0.5) is 5.69 Å². The number of rotatable bonds is 5. The maximum Gasteiger partial charge on any atom is 0.307 e. The molecule has 1 aromatic carbocycles. The number of fused-ring (bicyclic) bond motifs is 1. The van der Waals surface area contributed by atoms with E-state index in [9.17, 15) is 14.9 Å². The number of halogens is 2. The Morgan fingerprint density at radius 2 is 2.15 bits per heavy atom. The highest BCUT2D eigenvalue weighted by Gasteiger charge is 2.19. The fraction of sp³-hybridized carbons (Fsp3) is 0.0667. The predicted octanol–water partition coefficient (Wildman–Crippen LogP) is 4.07. The summed E-state index contributed by atoms with van der Waals surface area (Å²) in [5.74, 6) is -0.0798. The lowest BCUT2D eigenvalue weighted by Crippen LogP contribution is -2.16. The molecule has 0 spiro atoms. The van der Waals surface area contributed by atoms with Crippen molar-refractivity contribution in [1.29, 1.82) is 0 Å². The van der Waals surface area contributed by atoms with Crippen LogP contribution in [0, 0.1) is 13.9 Å². The number of hydrogen-bond acceptors (Lipinski definition) is 7. The summed E-state index contributed by atoms with van der Waals surface area (Å²) in [5.41, 5.74) is 2.36. The van der Waals surface area contributed by atoms with Crippen LogP contribution in [0.2, 0.25) is 0 Å². The zero-order valence-electron chi connectivity index (χ0n) is 13.0. The number of amides is 1. The molecule has 2 aromatic heterocycles. The Bertz CT molecular complexity index is 1020. The number of methoxy groups -OCH3 is 1.